The van der Waals surface area contributed by atoms with Crippen LogP contribution in [0.2, 0.25) is 0 Å². The highest BCUT2D eigenvalue weighted by Crippen LogP contribution is 2.42. The molecule has 0 heterocycles. The van der Waals surface area contributed by atoms with Gasteiger partial charge in [0.25, 0.3) is 0 Å². The molecule has 2 aliphatic carbocycles. The predicted octanol–water partition coefficient (Wildman–Crippen LogP) is 2.75. The second-order valence-corrected chi connectivity index (χ2v) is 9.60. The van der Waals surface area contributed by atoms with Crippen LogP contribution in [-0.2, 0) is 20.4 Å². The molecule has 140 valence electrons. The van der Waals surface area contributed by atoms with Gasteiger partial charge in [0.15, 0.2) is 9.84 Å². The molecule has 0 radical (unpaired) electrons. The third-order valence-electron chi connectivity index (χ3n) is 5.41. The van der Waals surface area contributed by atoms with Gasteiger partial charge in [0, 0.05) is 23.9 Å². The number of amides is 1. The van der Waals surface area contributed by atoms with E-state index in [1.54, 1.807) is 24.3 Å². The molecule has 25 heavy (non-hydrogen) atoms. The van der Waals surface area contributed by atoms with Crippen molar-refractivity contribution in [3.8, 4) is 0 Å². The molecule has 0 spiro atoms. The molecular weight excluding hydrogens is 360 g/mol. The van der Waals surface area contributed by atoms with Crippen LogP contribution in [0.3, 0.4) is 0 Å². The number of carbonyl (C=O) groups excluding carboxylic acids is 1. The molecule has 3 rings (SSSR count). The molecule has 2 aliphatic rings. The number of hydrogen-bond acceptors (Lipinski definition) is 4. The van der Waals surface area contributed by atoms with E-state index in [0.29, 0.717) is 23.1 Å². The lowest BCUT2D eigenvalue weighted by atomic mass is 9.65. The van der Waals surface area contributed by atoms with E-state index in [-0.39, 0.29) is 36.0 Å². The lowest BCUT2D eigenvalue weighted by molar-refractivity contribution is -0.122. The summed E-state index contributed by atoms with van der Waals surface area (Å²) in [5.74, 6) is 0.961. The number of nitrogens with one attached hydrogen (secondary N) is 1. The topological polar surface area (TPSA) is 89.3 Å². The number of sulfone groups is 1. The minimum absolute atomic E-state index is 0. The zero-order chi connectivity index (χ0) is 17.3. The Bertz CT molecular complexity index is 709. The van der Waals surface area contributed by atoms with Crippen LogP contribution in [0, 0.1) is 17.8 Å². The van der Waals surface area contributed by atoms with Crippen LogP contribution in [-0.4, -0.2) is 26.6 Å². The monoisotopic (exact) mass is 386 g/mol. The molecule has 0 saturated heterocycles. The Kier molecular flexibility index (Phi) is 6.51. The minimum Gasteiger partial charge on any atom is -0.327 e. The molecule has 1 amide bonds. The summed E-state index contributed by atoms with van der Waals surface area (Å²) in [6.07, 6.45) is 6.43. The van der Waals surface area contributed by atoms with Crippen LogP contribution in [0.25, 0.3) is 0 Å². The fraction of sp³-hybridized carbons (Fsp3) is 0.611. The Balaban J connectivity index is 0.00000225. The third kappa shape index (κ3) is 5.19. The van der Waals surface area contributed by atoms with Crippen molar-refractivity contribution in [3.05, 3.63) is 29.8 Å². The number of anilines is 1. The van der Waals surface area contributed by atoms with Crippen LogP contribution in [0.1, 0.15) is 37.7 Å². The van der Waals surface area contributed by atoms with E-state index in [2.05, 4.69) is 5.32 Å². The van der Waals surface area contributed by atoms with Crippen molar-refractivity contribution in [3.63, 3.8) is 0 Å². The van der Waals surface area contributed by atoms with Gasteiger partial charge >= 0.3 is 0 Å². The summed E-state index contributed by atoms with van der Waals surface area (Å²) in [6.45, 7) is 0. The van der Waals surface area contributed by atoms with E-state index in [4.69, 9.17) is 5.73 Å². The van der Waals surface area contributed by atoms with Crippen molar-refractivity contribution < 1.29 is 13.2 Å². The van der Waals surface area contributed by atoms with Gasteiger partial charge in [-0.25, -0.2) is 8.42 Å². The van der Waals surface area contributed by atoms with Crippen molar-refractivity contribution in [2.45, 2.75) is 43.9 Å². The van der Waals surface area contributed by atoms with E-state index in [0.717, 1.165) is 25.7 Å². The fourth-order valence-corrected chi connectivity index (χ4v) is 5.07. The molecule has 2 fully saturated rings. The number of nitrogens with two attached hydrogens (primary N) is 1. The average molecular weight is 387 g/mol. The Morgan fingerprint density at radius 2 is 1.88 bits per heavy atom. The molecule has 7 heteroatoms. The molecule has 1 aromatic carbocycles. The summed E-state index contributed by atoms with van der Waals surface area (Å²) in [7, 11) is -3.09. The van der Waals surface area contributed by atoms with Gasteiger partial charge in [-0.05, 0) is 55.2 Å². The van der Waals surface area contributed by atoms with Crippen molar-refractivity contribution in [2.75, 3.05) is 11.6 Å². The Labute approximate surface area is 156 Å². The van der Waals surface area contributed by atoms with Gasteiger partial charge in [0.2, 0.25) is 5.91 Å². The maximum Gasteiger partial charge on any atom is 0.227 e. The van der Waals surface area contributed by atoms with Crippen LogP contribution in [0.4, 0.5) is 5.69 Å². The molecule has 1 aromatic rings. The number of carbonyl (C=O) groups is 1. The van der Waals surface area contributed by atoms with E-state index < -0.39 is 9.84 Å². The summed E-state index contributed by atoms with van der Waals surface area (Å²) in [4.78, 5) is 12.6. The molecule has 2 saturated carbocycles. The molecule has 3 N–H and O–H groups in total. The summed E-state index contributed by atoms with van der Waals surface area (Å²) < 4.78 is 22.8. The molecule has 2 atom stereocenters. The van der Waals surface area contributed by atoms with Gasteiger partial charge < -0.3 is 11.1 Å². The first-order valence-electron chi connectivity index (χ1n) is 8.65. The number of fused-ring (bicyclic) bond motifs is 2. The molecule has 0 aliphatic heterocycles. The average Bonchev–Trinajstić information content (AvgIpc) is 2.45. The van der Waals surface area contributed by atoms with Crippen LogP contribution >= 0.6 is 12.4 Å². The first kappa shape index (κ1) is 20.2. The zero-order valence-electron chi connectivity index (χ0n) is 14.5. The highest BCUT2D eigenvalue weighted by Gasteiger charge is 2.40. The van der Waals surface area contributed by atoms with E-state index in [1.165, 1.54) is 12.7 Å². The number of rotatable bonds is 4. The first-order valence-corrected chi connectivity index (χ1v) is 10.7. The number of hydrogen-bond donors (Lipinski definition) is 2. The Morgan fingerprint density at radius 1 is 1.24 bits per heavy atom. The highest BCUT2D eigenvalue weighted by atomic mass is 35.5. The lowest BCUT2D eigenvalue weighted by Gasteiger charge is -2.43. The van der Waals surface area contributed by atoms with Gasteiger partial charge in [-0.2, -0.15) is 0 Å². The van der Waals surface area contributed by atoms with E-state index in [1.807, 2.05) is 0 Å². The number of benzene rings is 1. The molecule has 2 bridgehead atoms. The van der Waals surface area contributed by atoms with Gasteiger partial charge in [0.05, 0.1) is 5.75 Å². The van der Waals surface area contributed by atoms with E-state index in [9.17, 15) is 13.2 Å². The van der Waals surface area contributed by atoms with Crippen LogP contribution in [0.5, 0.6) is 0 Å². The van der Waals surface area contributed by atoms with Crippen molar-refractivity contribution >= 4 is 33.8 Å². The largest absolute Gasteiger partial charge is 0.327 e. The van der Waals surface area contributed by atoms with Crippen molar-refractivity contribution in [1.82, 2.24) is 0 Å². The summed E-state index contributed by atoms with van der Waals surface area (Å²) in [5.41, 5.74) is 7.65. The third-order valence-corrected chi connectivity index (χ3v) is 6.26. The quantitative estimate of drug-likeness (QED) is 0.832. The molecular formula is C18H27ClN2O3S. The first-order chi connectivity index (χ1) is 11.3. The molecule has 0 aromatic heterocycles. The minimum atomic E-state index is -3.09. The maximum absolute atomic E-state index is 12.6. The summed E-state index contributed by atoms with van der Waals surface area (Å²) in [5, 5.41) is 2.97. The normalized spacial score (nSPS) is 28.7. The summed E-state index contributed by atoms with van der Waals surface area (Å²) >= 11 is 0. The zero-order valence-corrected chi connectivity index (χ0v) is 16.1. The van der Waals surface area contributed by atoms with Crippen LogP contribution in [0.15, 0.2) is 24.3 Å². The smallest absolute Gasteiger partial charge is 0.227 e. The molecule has 5 nitrogen and oxygen atoms in total. The van der Waals surface area contributed by atoms with Crippen molar-refractivity contribution in [2.24, 2.45) is 23.5 Å². The lowest BCUT2D eigenvalue weighted by Crippen LogP contribution is -2.48. The molecule has 2 unspecified atom stereocenters. The van der Waals surface area contributed by atoms with Gasteiger partial charge in [0.1, 0.15) is 0 Å². The SMILES string of the molecule is CS(=O)(=O)Cc1cccc(NC(=O)C2CC3CCCC(C2)C3N)c1.Cl. The maximum atomic E-state index is 12.6. The highest BCUT2D eigenvalue weighted by molar-refractivity contribution is 7.89. The van der Waals surface area contributed by atoms with Gasteiger partial charge in [-0.1, -0.05) is 18.6 Å². The second kappa shape index (κ2) is 8.06. The Hall–Kier alpha value is -1.11. The van der Waals surface area contributed by atoms with Gasteiger partial charge in [-0.15, -0.1) is 12.4 Å². The predicted molar refractivity (Wildman–Crippen MR) is 102 cm³/mol. The standard InChI is InChI=1S/C18H26N2O3S.ClH/c1-24(22,23)11-12-4-2-7-16(8-12)20-18(21)15-9-13-5-3-6-14(10-15)17(13)19;/h2,4,7-8,13-15,17H,3,5-6,9-11,19H2,1H3,(H,20,21);1H. The number of halogens is 1. The van der Waals surface area contributed by atoms with Gasteiger partial charge in [-0.3, -0.25) is 4.79 Å². The van der Waals surface area contributed by atoms with Crippen molar-refractivity contribution in [1.29, 1.82) is 0 Å². The Morgan fingerprint density at radius 3 is 2.48 bits per heavy atom. The van der Waals surface area contributed by atoms with Crippen LogP contribution < -0.4 is 11.1 Å². The second-order valence-electron chi connectivity index (χ2n) is 7.46. The summed E-state index contributed by atoms with van der Waals surface area (Å²) in [6, 6.07) is 7.34. The fourth-order valence-electron chi connectivity index (χ4n) is 4.29. The van der Waals surface area contributed by atoms with E-state index >= 15 is 0 Å².